The number of carbonyl (C=O) groups is 1. The average molecular weight is 254 g/mol. The second-order valence-corrected chi connectivity index (χ2v) is 4.03. The third kappa shape index (κ3) is 2.03. The molecule has 2 rings (SSSR count). The Labute approximate surface area is 102 Å². The molecule has 0 aliphatic rings. The van der Waals surface area contributed by atoms with Crippen LogP contribution in [0.4, 0.5) is 4.39 Å². The largest absolute Gasteiger partial charge is 0.477 e. The summed E-state index contributed by atoms with van der Waals surface area (Å²) in [6.07, 6.45) is 0. The SMILES string of the molecule is Cn1c(C(=O)O)ccc1-c1cc(Cl)ccc1F. The van der Waals surface area contributed by atoms with Gasteiger partial charge in [-0.3, -0.25) is 0 Å². The van der Waals surface area contributed by atoms with E-state index in [1.165, 1.54) is 28.8 Å². The normalized spacial score (nSPS) is 10.5. The number of nitrogens with zero attached hydrogens (tertiary/aromatic N) is 1. The minimum absolute atomic E-state index is 0.0966. The smallest absolute Gasteiger partial charge is 0.352 e. The van der Waals surface area contributed by atoms with E-state index >= 15 is 0 Å². The molecule has 0 fully saturated rings. The molecule has 0 radical (unpaired) electrons. The maximum absolute atomic E-state index is 13.6. The summed E-state index contributed by atoms with van der Waals surface area (Å²) >= 11 is 5.80. The molecule has 3 nitrogen and oxygen atoms in total. The van der Waals surface area contributed by atoms with Gasteiger partial charge in [-0.25, -0.2) is 9.18 Å². The van der Waals surface area contributed by atoms with Crippen LogP contribution in [0, 0.1) is 5.82 Å². The highest BCUT2D eigenvalue weighted by atomic mass is 35.5. The van der Waals surface area contributed by atoms with Crippen molar-refractivity contribution in [1.82, 2.24) is 4.57 Å². The van der Waals surface area contributed by atoms with Gasteiger partial charge in [-0.05, 0) is 30.3 Å². The van der Waals surface area contributed by atoms with E-state index in [0.717, 1.165) is 0 Å². The summed E-state index contributed by atoms with van der Waals surface area (Å²) in [5.41, 5.74) is 0.856. The first-order chi connectivity index (χ1) is 8.00. The van der Waals surface area contributed by atoms with Gasteiger partial charge in [0.15, 0.2) is 0 Å². The highest BCUT2D eigenvalue weighted by Gasteiger charge is 2.14. The second-order valence-electron chi connectivity index (χ2n) is 3.59. The van der Waals surface area contributed by atoms with Crippen LogP contribution in [-0.4, -0.2) is 15.6 Å². The highest BCUT2D eigenvalue weighted by molar-refractivity contribution is 6.30. The summed E-state index contributed by atoms with van der Waals surface area (Å²) in [6, 6.07) is 7.15. The fourth-order valence-electron chi connectivity index (χ4n) is 1.69. The third-order valence-electron chi connectivity index (χ3n) is 2.55. The van der Waals surface area contributed by atoms with Gasteiger partial charge < -0.3 is 9.67 Å². The Hall–Kier alpha value is -1.81. The molecule has 0 unspecified atom stereocenters. The number of aromatic carboxylic acids is 1. The zero-order chi connectivity index (χ0) is 12.6. The number of carboxylic acid groups (broad SMARTS) is 1. The molecule has 0 aliphatic carbocycles. The standard InChI is InChI=1S/C12H9ClFNO2/c1-15-10(4-5-11(15)12(16)17)8-6-7(13)2-3-9(8)14/h2-6H,1H3,(H,16,17). The highest BCUT2D eigenvalue weighted by Crippen LogP contribution is 2.27. The monoisotopic (exact) mass is 253 g/mol. The van der Waals surface area contributed by atoms with Gasteiger partial charge in [-0.1, -0.05) is 11.6 Å². The molecule has 1 heterocycles. The number of hydrogen-bond acceptors (Lipinski definition) is 1. The molecule has 0 saturated heterocycles. The summed E-state index contributed by atoms with van der Waals surface area (Å²) < 4.78 is 15.0. The van der Waals surface area contributed by atoms with E-state index in [4.69, 9.17) is 16.7 Å². The molecule has 0 spiro atoms. The van der Waals surface area contributed by atoms with Crippen molar-refractivity contribution in [1.29, 1.82) is 0 Å². The Morgan fingerprint density at radius 2 is 2.06 bits per heavy atom. The number of aromatic nitrogens is 1. The molecular weight excluding hydrogens is 245 g/mol. The van der Waals surface area contributed by atoms with Crippen molar-refractivity contribution in [3.05, 3.63) is 46.9 Å². The Bertz CT molecular complexity index is 592. The molecule has 1 N–H and O–H groups in total. The van der Waals surface area contributed by atoms with Crippen LogP contribution in [0.25, 0.3) is 11.3 Å². The summed E-state index contributed by atoms with van der Waals surface area (Å²) in [4.78, 5) is 10.9. The topological polar surface area (TPSA) is 42.2 Å². The number of rotatable bonds is 2. The van der Waals surface area contributed by atoms with Crippen LogP contribution in [-0.2, 0) is 7.05 Å². The predicted molar refractivity (Wildman–Crippen MR) is 62.8 cm³/mol. The second kappa shape index (κ2) is 4.22. The fourth-order valence-corrected chi connectivity index (χ4v) is 1.86. The maximum atomic E-state index is 13.6. The fraction of sp³-hybridized carbons (Fsp3) is 0.0833. The van der Waals surface area contributed by atoms with Crippen LogP contribution in [0.2, 0.25) is 5.02 Å². The first-order valence-electron chi connectivity index (χ1n) is 4.85. The lowest BCUT2D eigenvalue weighted by atomic mass is 10.1. The molecule has 0 bridgehead atoms. The van der Waals surface area contributed by atoms with Crippen LogP contribution in [0.1, 0.15) is 10.5 Å². The Balaban J connectivity index is 2.61. The first kappa shape index (κ1) is 11.7. The minimum atomic E-state index is -1.05. The molecule has 17 heavy (non-hydrogen) atoms. The average Bonchev–Trinajstić information content (AvgIpc) is 2.64. The van der Waals surface area contributed by atoms with E-state index in [-0.39, 0.29) is 11.3 Å². The lowest BCUT2D eigenvalue weighted by molar-refractivity contribution is 0.0686. The van der Waals surface area contributed by atoms with Gasteiger partial charge in [-0.2, -0.15) is 0 Å². The van der Waals surface area contributed by atoms with E-state index in [1.54, 1.807) is 13.1 Å². The van der Waals surface area contributed by atoms with E-state index in [0.29, 0.717) is 10.7 Å². The van der Waals surface area contributed by atoms with Crippen molar-refractivity contribution in [2.45, 2.75) is 0 Å². The number of benzene rings is 1. The first-order valence-corrected chi connectivity index (χ1v) is 5.23. The van der Waals surface area contributed by atoms with Crippen LogP contribution in [0.3, 0.4) is 0 Å². The quantitative estimate of drug-likeness (QED) is 0.893. The van der Waals surface area contributed by atoms with Crippen molar-refractivity contribution in [2.24, 2.45) is 7.05 Å². The van der Waals surface area contributed by atoms with Gasteiger partial charge in [0.05, 0.1) is 5.69 Å². The molecule has 88 valence electrons. The predicted octanol–water partition coefficient (Wildman–Crippen LogP) is 3.18. The molecule has 0 amide bonds. The zero-order valence-electron chi connectivity index (χ0n) is 8.95. The van der Waals surface area contributed by atoms with Gasteiger partial charge in [-0.15, -0.1) is 0 Å². The van der Waals surface area contributed by atoms with Gasteiger partial charge in [0.1, 0.15) is 11.5 Å². The zero-order valence-corrected chi connectivity index (χ0v) is 9.70. The Kier molecular flexibility index (Phi) is 2.90. The van der Waals surface area contributed by atoms with Crippen molar-refractivity contribution in [3.63, 3.8) is 0 Å². The number of hydrogen-bond donors (Lipinski definition) is 1. The molecule has 1 aromatic carbocycles. The summed E-state index contributed by atoms with van der Waals surface area (Å²) in [6.45, 7) is 0. The van der Waals surface area contributed by atoms with Gasteiger partial charge in [0, 0.05) is 17.6 Å². The summed E-state index contributed by atoms with van der Waals surface area (Å²) in [5, 5.41) is 9.31. The van der Waals surface area contributed by atoms with Gasteiger partial charge in [0.2, 0.25) is 0 Å². The molecule has 2 aromatic rings. The number of halogens is 2. The van der Waals surface area contributed by atoms with Crippen LogP contribution in [0.5, 0.6) is 0 Å². The van der Waals surface area contributed by atoms with E-state index in [9.17, 15) is 9.18 Å². The maximum Gasteiger partial charge on any atom is 0.352 e. The molecule has 0 atom stereocenters. The van der Waals surface area contributed by atoms with Crippen molar-refractivity contribution in [3.8, 4) is 11.3 Å². The van der Waals surface area contributed by atoms with Crippen LogP contribution >= 0.6 is 11.6 Å². The lowest BCUT2D eigenvalue weighted by Gasteiger charge is -2.07. The molecule has 0 aliphatic heterocycles. The van der Waals surface area contributed by atoms with Crippen molar-refractivity contribution >= 4 is 17.6 Å². The van der Waals surface area contributed by atoms with Crippen LogP contribution in [0.15, 0.2) is 30.3 Å². The third-order valence-corrected chi connectivity index (χ3v) is 2.78. The molecular formula is C12H9ClFNO2. The van der Waals surface area contributed by atoms with E-state index < -0.39 is 11.8 Å². The van der Waals surface area contributed by atoms with Crippen molar-refractivity contribution < 1.29 is 14.3 Å². The molecule has 5 heteroatoms. The van der Waals surface area contributed by atoms with E-state index in [1.807, 2.05) is 0 Å². The summed E-state index contributed by atoms with van der Waals surface area (Å²) in [7, 11) is 1.57. The van der Waals surface area contributed by atoms with E-state index in [2.05, 4.69) is 0 Å². The Morgan fingerprint density at radius 3 is 2.65 bits per heavy atom. The van der Waals surface area contributed by atoms with Crippen LogP contribution < -0.4 is 0 Å². The molecule has 0 saturated carbocycles. The van der Waals surface area contributed by atoms with Gasteiger partial charge in [0.25, 0.3) is 0 Å². The molecule has 1 aromatic heterocycles. The van der Waals surface area contributed by atoms with Crippen molar-refractivity contribution in [2.75, 3.05) is 0 Å². The summed E-state index contributed by atoms with van der Waals surface area (Å²) in [5.74, 6) is -1.49. The Morgan fingerprint density at radius 1 is 1.35 bits per heavy atom. The lowest BCUT2D eigenvalue weighted by Crippen LogP contribution is -2.05. The van der Waals surface area contributed by atoms with Gasteiger partial charge >= 0.3 is 5.97 Å². The minimum Gasteiger partial charge on any atom is -0.477 e. The number of carboxylic acids is 1.